The SMILES string of the molecule is C/C=N/N=C(/C(C)CC)C(F)(F)C#N. The molecule has 0 saturated heterocycles. The van der Waals surface area contributed by atoms with Gasteiger partial charge in [-0.15, -0.1) is 0 Å². The first-order valence-corrected chi connectivity index (χ1v) is 4.34. The van der Waals surface area contributed by atoms with Crippen molar-refractivity contribution in [3.8, 4) is 6.07 Å². The minimum absolute atomic E-state index is 0.451. The minimum atomic E-state index is -3.53. The summed E-state index contributed by atoms with van der Waals surface area (Å²) in [4.78, 5) is 0. The van der Waals surface area contributed by atoms with Crippen LogP contribution in [0.5, 0.6) is 0 Å². The Balaban J connectivity index is 5.03. The van der Waals surface area contributed by atoms with Crippen molar-refractivity contribution in [3.63, 3.8) is 0 Å². The second kappa shape index (κ2) is 5.43. The molecule has 0 radical (unpaired) electrons. The molecule has 3 nitrogen and oxygen atoms in total. The minimum Gasteiger partial charge on any atom is -0.191 e. The maximum atomic E-state index is 13.0. The third-order valence-corrected chi connectivity index (χ3v) is 1.82. The Bertz CT molecular complexity index is 276. The summed E-state index contributed by atoms with van der Waals surface area (Å²) >= 11 is 0. The maximum absolute atomic E-state index is 13.0. The van der Waals surface area contributed by atoms with Gasteiger partial charge in [-0.2, -0.15) is 24.2 Å². The van der Waals surface area contributed by atoms with Crippen molar-refractivity contribution in [2.75, 3.05) is 0 Å². The molecule has 0 aromatic rings. The first-order chi connectivity index (χ1) is 6.49. The monoisotopic (exact) mass is 201 g/mol. The van der Waals surface area contributed by atoms with E-state index in [9.17, 15) is 8.78 Å². The van der Waals surface area contributed by atoms with E-state index in [4.69, 9.17) is 5.26 Å². The Morgan fingerprint density at radius 1 is 1.64 bits per heavy atom. The Morgan fingerprint density at radius 3 is 2.57 bits per heavy atom. The molecule has 1 atom stereocenters. The highest BCUT2D eigenvalue weighted by molar-refractivity contribution is 5.95. The molecule has 78 valence electrons. The first kappa shape index (κ1) is 12.7. The molecular formula is C9H13F2N3. The van der Waals surface area contributed by atoms with Gasteiger partial charge in [0.05, 0.1) is 0 Å². The van der Waals surface area contributed by atoms with Gasteiger partial charge in [0.2, 0.25) is 0 Å². The molecule has 0 spiro atoms. The molecule has 0 amide bonds. The van der Waals surface area contributed by atoms with E-state index in [0.29, 0.717) is 6.42 Å². The first-order valence-electron chi connectivity index (χ1n) is 4.34. The molecule has 14 heavy (non-hydrogen) atoms. The molecule has 0 aliphatic heterocycles. The largest absolute Gasteiger partial charge is 0.372 e. The number of nitrogens with zero attached hydrogens (tertiary/aromatic N) is 3. The number of rotatable bonds is 4. The summed E-state index contributed by atoms with van der Waals surface area (Å²) in [5.74, 6) is -3.98. The van der Waals surface area contributed by atoms with Crippen molar-refractivity contribution in [2.45, 2.75) is 33.1 Å². The van der Waals surface area contributed by atoms with E-state index in [2.05, 4.69) is 10.2 Å². The summed E-state index contributed by atoms with van der Waals surface area (Å²) in [6, 6.07) is 0.928. The van der Waals surface area contributed by atoms with Crippen molar-refractivity contribution in [2.24, 2.45) is 16.1 Å². The normalized spacial score (nSPS) is 15.6. The maximum Gasteiger partial charge on any atom is 0.372 e. The lowest BCUT2D eigenvalue weighted by Gasteiger charge is -2.15. The lowest BCUT2D eigenvalue weighted by atomic mass is 9.98. The lowest BCUT2D eigenvalue weighted by molar-refractivity contribution is 0.136. The topological polar surface area (TPSA) is 48.5 Å². The van der Waals surface area contributed by atoms with Gasteiger partial charge in [0.15, 0.2) is 0 Å². The summed E-state index contributed by atoms with van der Waals surface area (Å²) in [6.45, 7) is 4.92. The molecule has 0 aliphatic rings. The predicted molar refractivity (Wildman–Crippen MR) is 51.6 cm³/mol. The molecule has 0 aromatic carbocycles. The second-order valence-corrected chi connectivity index (χ2v) is 2.85. The van der Waals surface area contributed by atoms with Crippen LogP contribution in [0.25, 0.3) is 0 Å². The van der Waals surface area contributed by atoms with Crippen molar-refractivity contribution in [1.82, 2.24) is 0 Å². The van der Waals surface area contributed by atoms with Crippen molar-refractivity contribution >= 4 is 11.9 Å². The summed E-state index contributed by atoms with van der Waals surface area (Å²) in [6.07, 6.45) is 1.80. The van der Waals surface area contributed by atoms with Gasteiger partial charge in [0.25, 0.3) is 0 Å². The van der Waals surface area contributed by atoms with Gasteiger partial charge in [0, 0.05) is 12.1 Å². The Labute approximate surface area is 82.1 Å². The van der Waals surface area contributed by atoms with E-state index in [1.807, 2.05) is 0 Å². The molecule has 0 aromatic heterocycles. The zero-order valence-corrected chi connectivity index (χ0v) is 8.46. The van der Waals surface area contributed by atoms with Crippen molar-refractivity contribution in [1.29, 1.82) is 5.26 Å². The van der Waals surface area contributed by atoms with Crippen molar-refractivity contribution < 1.29 is 8.78 Å². The van der Waals surface area contributed by atoms with E-state index in [-0.39, 0.29) is 0 Å². The van der Waals surface area contributed by atoms with Crippen LogP contribution in [-0.2, 0) is 0 Å². The zero-order chi connectivity index (χ0) is 11.2. The van der Waals surface area contributed by atoms with Crippen molar-refractivity contribution in [3.05, 3.63) is 0 Å². The third-order valence-electron chi connectivity index (χ3n) is 1.82. The van der Waals surface area contributed by atoms with Gasteiger partial charge >= 0.3 is 5.92 Å². The smallest absolute Gasteiger partial charge is 0.191 e. The van der Waals surface area contributed by atoms with Crippen LogP contribution in [0.1, 0.15) is 27.2 Å². The third kappa shape index (κ3) is 3.21. The van der Waals surface area contributed by atoms with Crippen LogP contribution in [-0.4, -0.2) is 17.8 Å². The molecule has 0 saturated carbocycles. The standard InChI is InChI=1S/C9H13F2N3/c1-4-7(3)8(14-13-5-2)9(10,11)6-12/h5,7H,4H2,1-3H3/b13-5+,14-8-. The van der Waals surface area contributed by atoms with Gasteiger partial charge in [-0.05, 0) is 13.3 Å². The summed E-state index contributed by atoms with van der Waals surface area (Å²) in [5.41, 5.74) is -0.472. The number of nitriles is 1. The van der Waals surface area contributed by atoms with Gasteiger partial charge in [-0.3, -0.25) is 0 Å². The van der Waals surface area contributed by atoms with Crippen LogP contribution >= 0.6 is 0 Å². The van der Waals surface area contributed by atoms with E-state index in [1.54, 1.807) is 20.8 Å². The highest BCUT2D eigenvalue weighted by Gasteiger charge is 2.38. The van der Waals surface area contributed by atoms with E-state index >= 15 is 0 Å². The number of hydrogen-bond acceptors (Lipinski definition) is 3. The van der Waals surface area contributed by atoms with Crippen LogP contribution in [0.4, 0.5) is 8.78 Å². The molecule has 0 N–H and O–H groups in total. The number of hydrogen-bond donors (Lipinski definition) is 0. The van der Waals surface area contributed by atoms with Crippen LogP contribution in [0.3, 0.4) is 0 Å². The lowest BCUT2D eigenvalue weighted by Crippen LogP contribution is -2.31. The predicted octanol–water partition coefficient (Wildman–Crippen LogP) is 2.64. The molecular weight excluding hydrogens is 188 g/mol. The fraction of sp³-hybridized carbons (Fsp3) is 0.667. The van der Waals surface area contributed by atoms with Crippen LogP contribution < -0.4 is 0 Å². The van der Waals surface area contributed by atoms with E-state index < -0.39 is 17.6 Å². The van der Waals surface area contributed by atoms with E-state index in [0.717, 1.165) is 6.07 Å². The fourth-order valence-corrected chi connectivity index (χ4v) is 0.841. The van der Waals surface area contributed by atoms with Gasteiger partial charge in [-0.1, -0.05) is 13.8 Å². The molecule has 0 heterocycles. The average molecular weight is 201 g/mol. The Kier molecular flexibility index (Phi) is 4.92. The number of halogens is 2. The van der Waals surface area contributed by atoms with Gasteiger partial charge in [0.1, 0.15) is 11.8 Å². The Hall–Kier alpha value is -1.31. The molecule has 1 unspecified atom stereocenters. The summed E-state index contributed by atoms with van der Waals surface area (Å²) in [5, 5.41) is 15.0. The summed E-state index contributed by atoms with van der Waals surface area (Å²) in [7, 11) is 0. The molecule has 0 bridgehead atoms. The molecule has 5 heteroatoms. The fourth-order valence-electron chi connectivity index (χ4n) is 0.841. The van der Waals surface area contributed by atoms with Crippen LogP contribution in [0, 0.1) is 17.2 Å². The highest BCUT2D eigenvalue weighted by Crippen LogP contribution is 2.22. The highest BCUT2D eigenvalue weighted by atomic mass is 19.3. The molecule has 0 aliphatic carbocycles. The number of alkyl halides is 2. The van der Waals surface area contributed by atoms with E-state index in [1.165, 1.54) is 6.21 Å². The average Bonchev–Trinajstić information content (AvgIpc) is 2.17. The second-order valence-electron chi connectivity index (χ2n) is 2.85. The quantitative estimate of drug-likeness (QED) is 0.509. The zero-order valence-electron chi connectivity index (χ0n) is 8.46. The van der Waals surface area contributed by atoms with Gasteiger partial charge in [-0.25, -0.2) is 0 Å². The molecule has 0 rings (SSSR count). The van der Waals surface area contributed by atoms with Crippen LogP contribution in [0.15, 0.2) is 10.2 Å². The molecule has 0 fully saturated rings. The summed E-state index contributed by atoms with van der Waals surface area (Å²) < 4.78 is 26.0. The van der Waals surface area contributed by atoms with Gasteiger partial charge < -0.3 is 0 Å². The van der Waals surface area contributed by atoms with Crippen LogP contribution in [0.2, 0.25) is 0 Å². The Morgan fingerprint density at radius 2 is 2.21 bits per heavy atom.